The normalized spacial score (nSPS) is 13.2. The molecule has 0 amide bonds. The topological polar surface area (TPSA) is 37.3 Å². The fourth-order valence-electron chi connectivity index (χ4n) is 2.23. The first-order valence-electron chi connectivity index (χ1n) is 8.73. The number of rotatable bonds is 14. The second-order valence-corrected chi connectivity index (χ2v) is 5.94. The van der Waals surface area contributed by atoms with E-state index in [2.05, 4.69) is 31.2 Å². The first kappa shape index (κ1) is 19.9. The molecule has 0 aromatic heterocycles. The van der Waals surface area contributed by atoms with E-state index in [4.69, 9.17) is 5.11 Å². The molecule has 0 spiro atoms. The lowest BCUT2D eigenvalue weighted by Crippen LogP contribution is -2.08. The van der Waals surface area contributed by atoms with E-state index < -0.39 is 5.97 Å². The number of hydrogen-bond donors (Lipinski definition) is 1. The van der Waals surface area contributed by atoms with Gasteiger partial charge in [0, 0.05) is 0 Å². The van der Waals surface area contributed by atoms with Crippen LogP contribution in [0.5, 0.6) is 0 Å². The second kappa shape index (κ2) is 15.3. The van der Waals surface area contributed by atoms with E-state index in [9.17, 15) is 4.79 Å². The molecular formula is C19H34O2. The van der Waals surface area contributed by atoms with Gasteiger partial charge >= 0.3 is 5.97 Å². The summed E-state index contributed by atoms with van der Waals surface area (Å²) in [6.07, 6.45) is 21.9. The molecule has 0 rings (SSSR count). The lowest BCUT2D eigenvalue weighted by molar-refractivity contribution is -0.141. The van der Waals surface area contributed by atoms with Crippen molar-refractivity contribution >= 4 is 5.97 Å². The van der Waals surface area contributed by atoms with Gasteiger partial charge in [-0.1, -0.05) is 76.7 Å². The highest BCUT2D eigenvalue weighted by molar-refractivity contribution is 5.69. The number of carboxylic acids is 1. The van der Waals surface area contributed by atoms with Crippen LogP contribution in [0.15, 0.2) is 24.3 Å². The number of allylic oxidation sites excluding steroid dienone is 4. The van der Waals surface area contributed by atoms with Gasteiger partial charge in [-0.05, 0) is 32.1 Å². The standard InChI is InChI=1S/C19H34O2/c1-3-4-5-6-7-8-9-10-11-12-13-14-15-16-17-18(2)19(20)21/h7-10,18H,3-6,11-17H2,1-2H3,(H,20,21)/b8-7-,10-9+. The van der Waals surface area contributed by atoms with E-state index in [0.29, 0.717) is 0 Å². The van der Waals surface area contributed by atoms with Crippen molar-refractivity contribution in [3.8, 4) is 0 Å². The Balaban J connectivity index is 3.26. The summed E-state index contributed by atoms with van der Waals surface area (Å²) in [5.74, 6) is -0.847. The average Bonchev–Trinajstić information content (AvgIpc) is 2.47. The van der Waals surface area contributed by atoms with Crippen molar-refractivity contribution in [2.24, 2.45) is 5.92 Å². The van der Waals surface area contributed by atoms with Gasteiger partial charge < -0.3 is 5.11 Å². The van der Waals surface area contributed by atoms with Gasteiger partial charge in [0.15, 0.2) is 0 Å². The van der Waals surface area contributed by atoms with Crippen molar-refractivity contribution in [2.45, 2.75) is 84.5 Å². The highest BCUT2D eigenvalue weighted by Crippen LogP contribution is 2.12. The van der Waals surface area contributed by atoms with Crippen molar-refractivity contribution in [2.75, 3.05) is 0 Å². The SMILES string of the molecule is CCCCC/C=C\C=C\CCCCCCCC(C)C(=O)O. The van der Waals surface area contributed by atoms with Crippen LogP contribution in [0.3, 0.4) is 0 Å². The summed E-state index contributed by atoms with van der Waals surface area (Å²) in [6, 6.07) is 0. The second-order valence-electron chi connectivity index (χ2n) is 5.94. The van der Waals surface area contributed by atoms with Crippen LogP contribution in [0, 0.1) is 5.92 Å². The number of unbranched alkanes of at least 4 members (excludes halogenated alkanes) is 8. The number of hydrogen-bond acceptors (Lipinski definition) is 1. The molecule has 0 fully saturated rings. The lowest BCUT2D eigenvalue weighted by Gasteiger charge is -2.05. The highest BCUT2D eigenvalue weighted by Gasteiger charge is 2.09. The summed E-state index contributed by atoms with van der Waals surface area (Å²) in [7, 11) is 0. The van der Waals surface area contributed by atoms with E-state index in [-0.39, 0.29) is 5.92 Å². The lowest BCUT2D eigenvalue weighted by atomic mass is 10.0. The smallest absolute Gasteiger partial charge is 0.306 e. The van der Waals surface area contributed by atoms with E-state index in [1.165, 1.54) is 51.4 Å². The van der Waals surface area contributed by atoms with Crippen molar-refractivity contribution in [3.05, 3.63) is 24.3 Å². The largest absolute Gasteiger partial charge is 0.481 e. The predicted molar refractivity (Wildman–Crippen MR) is 91.5 cm³/mol. The Hall–Kier alpha value is -1.05. The van der Waals surface area contributed by atoms with Gasteiger partial charge in [0.2, 0.25) is 0 Å². The summed E-state index contributed by atoms with van der Waals surface area (Å²) in [4.78, 5) is 10.7. The monoisotopic (exact) mass is 294 g/mol. The summed E-state index contributed by atoms with van der Waals surface area (Å²) in [6.45, 7) is 4.03. The Kier molecular flexibility index (Phi) is 14.6. The minimum absolute atomic E-state index is 0.183. The molecule has 2 nitrogen and oxygen atoms in total. The molecule has 0 heterocycles. The maximum absolute atomic E-state index is 10.7. The van der Waals surface area contributed by atoms with Crippen LogP contribution in [0.25, 0.3) is 0 Å². The van der Waals surface area contributed by atoms with Gasteiger partial charge in [-0.25, -0.2) is 0 Å². The molecule has 0 aromatic rings. The van der Waals surface area contributed by atoms with Crippen LogP contribution in [0.1, 0.15) is 84.5 Å². The Labute approximate surface area is 131 Å². The molecule has 0 saturated heterocycles. The molecule has 1 N–H and O–H groups in total. The quantitative estimate of drug-likeness (QED) is 0.309. The van der Waals surface area contributed by atoms with E-state index in [1.807, 2.05) is 0 Å². The summed E-state index contributed by atoms with van der Waals surface area (Å²) in [5.41, 5.74) is 0. The molecule has 0 aromatic carbocycles. The van der Waals surface area contributed by atoms with E-state index in [0.717, 1.165) is 19.3 Å². The molecule has 0 aliphatic rings. The zero-order valence-electron chi connectivity index (χ0n) is 14.0. The number of carboxylic acid groups (broad SMARTS) is 1. The molecule has 0 saturated carbocycles. The van der Waals surface area contributed by atoms with Crippen LogP contribution in [-0.2, 0) is 4.79 Å². The molecule has 1 atom stereocenters. The Bertz CT molecular complexity index is 292. The Morgan fingerprint density at radius 1 is 0.905 bits per heavy atom. The molecule has 0 aliphatic carbocycles. The van der Waals surface area contributed by atoms with Gasteiger partial charge in [0.05, 0.1) is 5.92 Å². The maximum atomic E-state index is 10.7. The zero-order chi connectivity index (χ0) is 15.8. The molecule has 122 valence electrons. The highest BCUT2D eigenvalue weighted by atomic mass is 16.4. The zero-order valence-corrected chi connectivity index (χ0v) is 14.0. The first-order chi connectivity index (χ1) is 10.2. The summed E-state index contributed by atoms with van der Waals surface area (Å²) in [5, 5.41) is 8.77. The minimum Gasteiger partial charge on any atom is -0.481 e. The Morgan fingerprint density at radius 3 is 2.00 bits per heavy atom. The van der Waals surface area contributed by atoms with Crippen LogP contribution in [-0.4, -0.2) is 11.1 Å². The number of carbonyl (C=O) groups is 1. The van der Waals surface area contributed by atoms with Crippen LogP contribution in [0.4, 0.5) is 0 Å². The van der Waals surface area contributed by atoms with Gasteiger partial charge in [0.1, 0.15) is 0 Å². The third-order valence-corrected chi connectivity index (χ3v) is 3.79. The third kappa shape index (κ3) is 15.2. The van der Waals surface area contributed by atoms with E-state index >= 15 is 0 Å². The van der Waals surface area contributed by atoms with Crippen LogP contribution >= 0.6 is 0 Å². The molecular weight excluding hydrogens is 260 g/mol. The first-order valence-corrected chi connectivity index (χ1v) is 8.73. The molecule has 0 aliphatic heterocycles. The fraction of sp³-hybridized carbons (Fsp3) is 0.737. The molecule has 1 unspecified atom stereocenters. The number of aliphatic carboxylic acids is 1. The van der Waals surface area contributed by atoms with Crippen molar-refractivity contribution in [3.63, 3.8) is 0 Å². The van der Waals surface area contributed by atoms with Crippen molar-refractivity contribution < 1.29 is 9.90 Å². The molecule has 0 bridgehead atoms. The van der Waals surface area contributed by atoms with Gasteiger partial charge in [0.25, 0.3) is 0 Å². The van der Waals surface area contributed by atoms with Gasteiger partial charge in [-0.15, -0.1) is 0 Å². The van der Waals surface area contributed by atoms with Gasteiger partial charge in [-0.3, -0.25) is 4.79 Å². The average molecular weight is 294 g/mol. The van der Waals surface area contributed by atoms with Crippen LogP contribution in [0.2, 0.25) is 0 Å². The third-order valence-electron chi connectivity index (χ3n) is 3.79. The van der Waals surface area contributed by atoms with Crippen LogP contribution < -0.4 is 0 Å². The van der Waals surface area contributed by atoms with Gasteiger partial charge in [-0.2, -0.15) is 0 Å². The van der Waals surface area contributed by atoms with Crippen molar-refractivity contribution in [1.29, 1.82) is 0 Å². The summed E-state index contributed by atoms with van der Waals surface area (Å²) >= 11 is 0. The summed E-state index contributed by atoms with van der Waals surface area (Å²) < 4.78 is 0. The maximum Gasteiger partial charge on any atom is 0.306 e. The molecule has 2 heteroatoms. The fourth-order valence-corrected chi connectivity index (χ4v) is 2.23. The Morgan fingerprint density at radius 2 is 1.43 bits per heavy atom. The molecule has 21 heavy (non-hydrogen) atoms. The minimum atomic E-state index is -0.664. The van der Waals surface area contributed by atoms with E-state index in [1.54, 1.807) is 6.92 Å². The van der Waals surface area contributed by atoms with Crippen molar-refractivity contribution in [1.82, 2.24) is 0 Å². The predicted octanol–water partition coefficient (Wildman–Crippen LogP) is 6.13. The molecule has 0 radical (unpaired) electrons.